The Balaban J connectivity index is 1.21. The van der Waals surface area contributed by atoms with E-state index in [9.17, 15) is 0 Å². The van der Waals surface area contributed by atoms with Crippen molar-refractivity contribution in [2.45, 2.75) is 76.3 Å². The number of rotatable bonds is 2. The lowest BCUT2D eigenvalue weighted by Gasteiger charge is -2.56. The topological polar surface area (TPSA) is 8.88 Å². The summed E-state index contributed by atoms with van der Waals surface area (Å²) in [6, 6.07) is 2.12. The van der Waals surface area contributed by atoms with Gasteiger partial charge in [0.1, 0.15) is 0 Å². The van der Waals surface area contributed by atoms with Crippen molar-refractivity contribution in [3.8, 4) is 0 Å². The Hall–Kier alpha value is -0.0800. The molecule has 0 aromatic heterocycles. The van der Waals surface area contributed by atoms with Crippen LogP contribution in [0.4, 0.5) is 0 Å². The van der Waals surface area contributed by atoms with Crippen molar-refractivity contribution in [3.63, 3.8) is 0 Å². The summed E-state index contributed by atoms with van der Waals surface area (Å²) >= 11 is 0. The van der Waals surface area contributed by atoms with Crippen LogP contribution >= 0.6 is 0 Å². The normalized spacial score (nSPS) is 52.1. The van der Waals surface area contributed by atoms with Crippen LogP contribution in [0.1, 0.15) is 64.2 Å². The third-order valence-corrected chi connectivity index (χ3v) is 8.40. The highest BCUT2D eigenvalue weighted by molar-refractivity contribution is 4.98. The van der Waals surface area contributed by atoms with Gasteiger partial charge in [-0.05, 0) is 63.2 Å². The number of piperidine rings is 2. The fourth-order valence-electron chi connectivity index (χ4n) is 7.74. The molecule has 2 nitrogen and oxygen atoms in total. The fourth-order valence-corrected chi connectivity index (χ4v) is 7.74. The molecule has 22 heavy (non-hydrogen) atoms. The molecule has 0 aromatic rings. The highest BCUT2D eigenvalue weighted by atomic mass is 15.2. The molecule has 0 atom stereocenters. The number of quaternary nitrogens is 2. The lowest BCUT2D eigenvalue weighted by molar-refractivity contribution is -0.975. The Bertz CT molecular complexity index is 365. The maximum Gasteiger partial charge on any atom is 0.0983 e. The Morgan fingerprint density at radius 3 is 1.73 bits per heavy atom. The minimum absolute atomic E-state index is 1.03. The van der Waals surface area contributed by atoms with Crippen molar-refractivity contribution in [1.82, 2.24) is 0 Å². The zero-order valence-electron chi connectivity index (χ0n) is 14.4. The van der Waals surface area contributed by atoms with Crippen LogP contribution in [0.25, 0.3) is 0 Å². The van der Waals surface area contributed by atoms with E-state index in [0.717, 1.165) is 35.8 Å². The first kappa shape index (κ1) is 14.3. The van der Waals surface area contributed by atoms with Crippen molar-refractivity contribution in [2.24, 2.45) is 23.7 Å². The molecule has 0 amide bonds. The molecule has 6 fully saturated rings. The largest absolute Gasteiger partial charge is 0.332 e. The first-order valence-corrected chi connectivity index (χ1v) is 10.6. The maximum atomic E-state index is 2.06. The number of hydrogen-bond acceptors (Lipinski definition) is 0. The van der Waals surface area contributed by atoms with Gasteiger partial charge in [-0.3, -0.25) is 0 Å². The van der Waals surface area contributed by atoms with Gasteiger partial charge in [0, 0.05) is 24.7 Å². The van der Waals surface area contributed by atoms with Crippen LogP contribution in [0.3, 0.4) is 0 Å². The predicted molar refractivity (Wildman–Crippen MR) is 89.1 cm³/mol. The van der Waals surface area contributed by atoms with Gasteiger partial charge in [0.2, 0.25) is 0 Å². The van der Waals surface area contributed by atoms with Crippen molar-refractivity contribution < 1.29 is 9.80 Å². The molecule has 2 aliphatic heterocycles. The molecule has 0 radical (unpaired) electrons. The molecule has 0 unspecified atom stereocenters. The van der Waals surface area contributed by atoms with Gasteiger partial charge >= 0.3 is 0 Å². The van der Waals surface area contributed by atoms with Crippen LogP contribution < -0.4 is 9.80 Å². The standard InChI is InChI=1S/C20H34N2/c1-2-6-21(7-3-1)19-4-8-22(9-5-19)20-17-11-15-10-16(13-17)14-18(20)12-15/h15-20H,1-14H2/p+2. The molecular weight excluding hydrogens is 268 g/mol. The van der Waals surface area contributed by atoms with Crippen LogP contribution in [-0.2, 0) is 0 Å². The predicted octanol–water partition coefficient (Wildman–Crippen LogP) is 0.927. The minimum Gasteiger partial charge on any atom is -0.332 e. The number of hydrogen-bond donors (Lipinski definition) is 2. The lowest BCUT2D eigenvalue weighted by Crippen LogP contribution is -3.23. The van der Waals surface area contributed by atoms with Gasteiger partial charge in [0.15, 0.2) is 0 Å². The van der Waals surface area contributed by atoms with Crippen LogP contribution in [0.15, 0.2) is 0 Å². The quantitative estimate of drug-likeness (QED) is 0.751. The van der Waals surface area contributed by atoms with Crippen LogP contribution in [0, 0.1) is 23.7 Å². The molecule has 2 N–H and O–H groups in total. The van der Waals surface area contributed by atoms with E-state index in [2.05, 4.69) is 4.90 Å². The molecular formula is C20H36N2+2. The molecule has 4 saturated carbocycles. The monoisotopic (exact) mass is 304 g/mol. The van der Waals surface area contributed by atoms with Crippen LogP contribution in [-0.4, -0.2) is 38.3 Å². The van der Waals surface area contributed by atoms with E-state index in [-0.39, 0.29) is 0 Å². The van der Waals surface area contributed by atoms with E-state index in [1.54, 1.807) is 32.1 Å². The molecule has 2 heterocycles. The van der Waals surface area contributed by atoms with E-state index < -0.39 is 0 Å². The number of likely N-dealkylation sites (tertiary alicyclic amines) is 2. The van der Waals surface area contributed by atoms with Crippen molar-refractivity contribution in [3.05, 3.63) is 0 Å². The van der Waals surface area contributed by atoms with Gasteiger partial charge in [-0.15, -0.1) is 0 Å². The average Bonchev–Trinajstić information content (AvgIpc) is 2.55. The molecule has 124 valence electrons. The Morgan fingerprint density at radius 1 is 0.545 bits per heavy atom. The highest BCUT2D eigenvalue weighted by Crippen LogP contribution is 2.53. The Morgan fingerprint density at radius 2 is 1.14 bits per heavy atom. The highest BCUT2D eigenvalue weighted by Gasteiger charge is 2.52. The van der Waals surface area contributed by atoms with Gasteiger partial charge in [0.05, 0.1) is 38.3 Å². The first-order chi connectivity index (χ1) is 10.9. The molecule has 4 bridgehead atoms. The first-order valence-electron chi connectivity index (χ1n) is 10.6. The van der Waals surface area contributed by atoms with Crippen molar-refractivity contribution >= 4 is 0 Å². The summed E-state index contributed by atoms with van der Waals surface area (Å²) in [5.74, 6) is 4.55. The summed E-state index contributed by atoms with van der Waals surface area (Å²) in [6.07, 6.45) is 15.6. The van der Waals surface area contributed by atoms with Crippen molar-refractivity contribution in [1.29, 1.82) is 0 Å². The fraction of sp³-hybridized carbons (Fsp3) is 1.00. The zero-order chi connectivity index (χ0) is 14.5. The zero-order valence-corrected chi connectivity index (χ0v) is 14.4. The Labute approximate surface area is 136 Å². The molecule has 6 rings (SSSR count). The smallest absolute Gasteiger partial charge is 0.0983 e. The van der Waals surface area contributed by atoms with E-state index in [1.807, 2.05) is 4.90 Å². The minimum atomic E-state index is 1.03. The molecule has 0 spiro atoms. The molecule has 4 aliphatic carbocycles. The summed E-state index contributed by atoms with van der Waals surface area (Å²) in [6.45, 7) is 6.00. The van der Waals surface area contributed by atoms with E-state index in [0.29, 0.717) is 0 Å². The summed E-state index contributed by atoms with van der Waals surface area (Å²) < 4.78 is 0. The SMILES string of the molecule is C1CC[NH+](C2CC[NH+](C3C4CC5CC(C4)CC3C5)CC2)CC1. The summed E-state index contributed by atoms with van der Waals surface area (Å²) in [7, 11) is 0. The molecule has 2 saturated heterocycles. The molecule has 6 aliphatic rings. The van der Waals surface area contributed by atoms with Crippen molar-refractivity contribution in [2.75, 3.05) is 26.2 Å². The van der Waals surface area contributed by atoms with Gasteiger partial charge in [0.25, 0.3) is 0 Å². The van der Waals surface area contributed by atoms with E-state index >= 15 is 0 Å². The molecule has 0 aromatic carbocycles. The molecule has 2 heteroatoms. The summed E-state index contributed by atoms with van der Waals surface area (Å²) in [5.41, 5.74) is 0. The second-order valence-electron chi connectivity index (χ2n) is 9.61. The second-order valence-corrected chi connectivity index (χ2v) is 9.61. The average molecular weight is 305 g/mol. The van der Waals surface area contributed by atoms with Gasteiger partial charge in [-0.2, -0.15) is 0 Å². The second kappa shape index (κ2) is 5.77. The third-order valence-electron chi connectivity index (χ3n) is 8.40. The van der Waals surface area contributed by atoms with E-state index in [1.165, 1.54) is 58.3 Å². The Kier molecular flexibility index (Phi) is 3.75. The van der Waals surface area contributed by atoms with Crippen LogP contribution in [0.5, 0.6) is 0 Å². The van der Waals surface area contributed by atoms with Gasteiger partial charge in [-0.1, -0.05) is 0 Å². The number of nitrogens with one attached hydrogen (secondary N) is 2. The summed E-state index contributed by atoms with van der Waals surface area (Å²) in [5, 5.41) is 0. The summed E-state index contributed by atoms with van der Waals surface area (Å²) in [4.78, 5) is 4.04. The van der Waals surface area contributed by atoms with E-state index in [4.69, 9.17) is 0 Å². The lowest BCUT2D eigenvalue weighted by atomic mass is 9.53. The van der Waals surface area contributed by atoms with Gasteiger partial charge in [-0.25, -0.2) is 0 Å². The third kappa shape index (κ3) is 2.45. The van der Waals surface area contributed by atoms with Crippen LogP contribution in [0.2, 0.25) is 0 Å². The maximum absolute atomic E-state index is 2.06. The van der Waals surface area contributed by atoms with Gasteiger partial charge < -0.3 is 9.80 Å².